The number of hydrogen-bond donors (Lipinski definition) is 2. The topological polar surface area (TPSA) is 66.8 Å². The van der Waals surface area contributed by atoms with Crippen LogP contribution in [0.15, 0.2) is 23.3 Å². The number of hydrogen-bond acceptors (Lipinski definition) is 4. The lowest BCUT2D eigenvalue weighted by atomic mass is 9.46. The zero-order chi connectivity index (χ0) is 17.5. The van der Waals surface area contributed by atoms with Crippen LogP contribution >= 0.6 is 0 Å². The van der Waals surface area contributed by atoms with Gasteiger partial charge >= 0.3 is 5.97 Å². The fraction of sp³-hybridized carbons (Fsp3) is 0.750. The molecule has 0 saturated heterocycles. The van der Waals surface area contributed by atoms with E-state index in [4.69, 9.17) is 4.74 Å². The van der Waals surface area contributed by atoms with Gasteiger partial charge in [-0.3, -0.25) is 0 Å². The van der Waals surface area contributed by atoms with E-state index in [1.807, 2.05) is 0 Å². The van der Waals surface area contributed by atoms with Crippen LogP contribution in [-0.4, -0.2) is 35.5 Å². The van der Waals surface area contributed by atoms with Crippen LogP contribution in [0.1, 0.15) is 52.9 Å². The SMILES string of the molecule is C[C@H]1C[C@H](O)[C@@]2(C)C(CO)=CCC[C@H]2[C@]1(C)CCC1=CC(=O)OC1. The average molecular weight is 334 g/mol. The minimum absolute atomic E-state index is 0.0298. The molecule has 0 amide bonds. The van der Waals surface area contributed by atoms with Crippen LogP contribution in [0.2, 0.25) is 0 Å². The van der Waals surface area contributed by atoms with Gasteiger partial charge in [0.05, 0.1) is 12.7 Å². The van der Waals surface area contributed by atoms with Crippen molar-refractivity contribution in [3.63, 3.8) is 0 Å². The van der Waals surface area contributed by atoms with Gasteiger partial charge in [-0.25, -0.2) is 4.79 Å². The van der Waals surface area contributed by atoms with E-state index in [1.165, 1.54) is 0 Å². The molecule has 1 saturated carbocycles. The van der Waals surface area contributed by atoms with Gasteiger partial charge in [-0.2, -0.15) is 0 Å². The summed E-state index contributed by atoms with van der Waals surface area (Å²) in [7, 11) is 0. The molecule has 134 valence electrons. The maximum absolute atomic E-state index is 11.3. The fourth-order valence-corrected chi connectivity index (χ4v) is 5.46. The van der Waals surface area contributed by atoms with Crippen molar-refractivity contribution in [1.29, 1.82) is 0 Å². The summed E-state index contributed by atoms with van der Waals surface area (Å²) in [6, 6.07) is 0. The summed E-state index contributed by atoms with van der Waals surface area (Å²) in [5, 5.41) is 20.7. The first-order valence-corrected chi connectivity index (χ1v) is 9.17. The van der Waals surface area contributed by atoms with Crippen LogP contribution in [0.4, 0.5) is 0 Å². The number of carbonyl (C=O) groups is 1. The molecular weight excluding hydrogens is 304 g/mol. The molecule has 1 aliphatic heterocycles. The third kappa shape index (κ3) is 2.64. The number of esters is 1. The molecule has 2 N–H and O–H groups in total. The van der Waals surface area contributed by atoms with Gasteiger partial charge in [0.15, 0.2) is 0 Å². The van der Waals surface area contributed by atoms with Gasteiger partial charge in [0.2, 0.25) is 0 Å². The number of aliphatic hydroxyl groups excluding tert-OH is 2. The normalized spacial score (nSPS) is 42.2. The zero-order valence-electron chi connectivity index (χ0n) is 15.0. The van der Waals surface area contributed by atoms with Gasteiger partial charge in [-0.05, 0) is 60.5 Å². The molecule has 3 rings (SSSR count). The number of cyclic esters (lactones) is 1. The standard InChI is InChI=1S/C20H30O4/c1-13-9-17(22)20(3)15(11-21)5-4-6-16(20)19(13,2)8-7-14-10-18(23)24-12-14/h5,10,13,16-17,21-22H,4,6-9,11-12H2,1-3H3/t13-,16-,17-,19+,20-/m0/s1. The molecule has 5 atom stereocenters. The van der Waals surface area contributed by atoms with Crippen molar-refractivity contribution in [2.45, 2.75) is 59.0 Å². The first-order valence-electron chi connectivity index (χ1n) is 9.17. The molecule has 4 nitrogen and oxygen atoms in total. The number of carbonyl (C=O) groups excluding carboxylic acids is 1. The molecule has 0 radical (unpaired) electrons. The van der Waals surface area contributed by atoms with Gasteiger partial charge in [-0.1, -0.05) is 26.8 Å². The molecular formula is C20H30O4. The van der Waals surface area contributed by atoms with Gasteiger partial charge in [0.1, 0.15) is 6.61 Å². The van der Waals surface area contributed by atoms with Gasteiger partial charge < -0.3 is 14.9 Å². The maximum atomic E-state index is 11.3. The van der Waals surface area contributed by atoms with E-state index in [0.717, 1.165) is 43.3 Å². The molecule has 0 unspecified atom stereocenters. The van der Waals surface area contributed by atoms with E-state index in [-0.39, 0.29) is 23.4 Å². The Kier molecular flexibility index (Phi) is 4.65. The molecule has 24 heavy (non-hydrogen) atoms. The summed E-state index contributed by atoms with van der Waals surface area (Å²) in [4.78, 5) is 11.3. The van der Waals surface area contributed by atoms with Crippen molar-refractivity contribution in [3.05, 3.63) is 23.3 Å². The first-order chi connectivity index (χ1) is 11.3. The van der Waals surface area contributed by atoms with Crippen LogP contribution in [0.25, 0.3) is 0 Å². The Balaban J connectivity index is 1.87. The van der Waals surface area contributed by atoms with Gasteiger partial charge in [0.25, 0.3) is 0 Å². The van der Waals surface area contributed by atoms with Gasteiger partial charge in [-0.15, -0.1) is 0 Å². The van der Waals surface area contributed by atoms with Crippen molar-refractivity contribution in [2.24, 2.45) is 22.7 Å². The highest BCUT2D eigenvalue weighted by atomic mass is 16.5. The summed E-state index contributed by atoms with van der Waals surface area (Å²) in [5.41, 5.74) is 1.82. The molecule has 0 bridgehead atoms. The second-order valence-corrected chi connectivity index (χ2v) is 8.37. The largest absolute Gasteiger partial charge is 0.458 e. The molecule has 4 heteroatoms. The monoisotopic (exact) mass is 334 g/mol. The summed E-state index contributed by atoms with van der Waals surface area (Å²) >= 11 is 0. The lowest BCUT2D eigenvalue weighted by Gasteiger charge is -2.60. The van der Waals surface area contributed by atoms with Crippen molar-refractivity contribution in [3.8, 4) is 0 Å². The predicted molar refractivity (Wildman–Crippen MR) is 92.2 cm³/mol. The Morgan fingerprint density at radius 1 is 1.38 bits per heavy atom. The second-order valence-electron chi connectivity index (χ2n) is 8.37. The van der Waals surface area contributed by atoms with Crippen molar-refractivity contribution in [1.82, 2.24) is 0 Å². The first kappa shape index (κ1) is 17.7. The highest BCUT2D eigenvalue weighted by Gasteiger charge is 2.57. The maximum Gasteiger partial charge on any atom is 0.331 e. The Bertz CT molecular complexity index is 578. The van der Waals surface area contributed by atoms with E-state index in [2.05, 4.69) is 26.8 Å². The Hall–Kier alpha value is -1.13. The van der Waals surface area contributed by atoms with E-state index in [9.17, 15) is 15.0 Å². The second kappa shape index (κ2) is 6.30. The highest BCUT2D eigenvalue weighted by Crippen LogP contribution is 2.61. The van der Waals surface area contributed by atoms with Crippen molar-refractivity contribution in [2.75, 3.05) is 13.2 Å². The van der Waals surface area contributed by atoms with E-state index in [1.54, 1.807) is 6.08 Å². The smallest absolute Gasteiger partial charge is 0.331 e. The zero-order valence-corrected chi connectivity index (χ0v) is 15.0. The summed E-state index contributed by atoms with van der Waals surface area (Å²) in [6.45, 7) is 7.17. The summed E-state index contributed by atoms with van der Waals surface area (Å²) < 4.78 is 5.03. The molecule has 1 heterocycles. The van der Waals surface area contributed by atoms with Crippen LogP contribution in [-0.2, 0) is 9.53 Å². The highest BCUT2D eigenvalue weighted by molar-refractivity contribution is 5.85. The van der Waals surface area contributed by atoms with E-state index in [0.29, 0.717) is 18.4 Å². The van der Waals surface area contributed by atoms with Crippen molar-refractivity contribution < 1.29 is 19.7 Å². The number of allylic oxidation sites excluding steroid dienone is 1. The molecule has 0 aromatic heterocycles. The van der Waals surface area contributed by atoms with Crippen LogP contribution < -0.4 is 0 Å². The molecule has 3 aliphatic rings. The van der Waals surface area contributed by atoms with Gasteiger partial charge in [0, 0.05) is 11.5 Å². The summed E-state index contributed by atoms with van der Waals surface area (Å²) in [5.74, 6) is 0.520. The quantitative estimate of drug-likeness (QED) is 0.613. The fourth-order valence-electron chi connectivity index (χ4n) is 5.46. The molecule has 1 fully saturated rings. The molecule has 0 aromatic carbocycles. The van der Waals surface area contributed by atoms with Crippen molar-refractivity contribution >= 4 is 5.97 Å². The van der Waals surface area contributed by atoms with Crippen LogP contribution in [0.5, 0.6) is 0 Å². The lowest BCUT2D eigenvalue weighted by Crippen LogP contribution is -2.57. The molecule has 2 aliphatic carbocycles. The van der Waals surface area contributed by atoms with Crippen LogP contribution in [0, 0.1) is 22.7 Å². The third-order valence-corrected chi connectivity index (χ3v) is 7.33. The Morgan fingerprint density at radius 3 is 2.75 bits per heavy atom. The molecule has 0 spiro atoms. The third-order valence-electron chi connectivity index (χ3n) is 7.33. The number of ether oxygens (including phenoxy) is 1. The van der Waals surface area contributed by atoms with E-state index >= 15 is 0 Å². The number of rotatable bonds is 4. The minimum Gasteiger partial charge on any atom is -0.458 e. The lowest BCUT2D eigenvalue weighted by molar-refractivity contribution is -0.135. The van der Waals surface area contributed by atoms with E-state index < -0.39 is 6.10 Å². The molecule has 0 aromatic rings. The summed E-state index contributed by atoms with van der Waals surface area (Å²) in [6.07, 6.45) is 7.99. The number of aliphatic hydroxyl groups is 2. The number of fused-ring (bicyclic) bond motifs is 1. The van der Waals surface area contributed by atoms with Crippen LogP contribution in [0.3, 0.4) is 0 Å². The average Bonchev–Trinajstić information content (AvgIpc) is 2.97. The Labute approximate surface area is 144 Å². The predicted octanol–water partition coefficient (Wildman–Crippen LogP) is 2.99. The Morgan fingerprint density at radius 2 is 2.12 bits per heavy atom. The minimum atomic E-state index is -0.403.